The van der Waals surface area contributed by atoms with Crippen LogP contribution in [0.4, 0.5) is 0 Å². The Balaban J connectivity index is 1.34. The van der Waals surface area contributed by atoms with Gasteiger partial charge in [-0.2, -0.15) is 0 Å². The predicted octanol–water partition coefficient (Wildman–Crippen LogP) is 3.52. The first kappa shape index (κ1) is 25.3. The summed E-state index contributed by atoms with van der Waals surface area (Å²) in [6.45, 7) is 8.02. The molecule has 4 aliphatic carbocycles. The molecule has 0 radical (unpaired) electrons. The van der Waals surface area contributed by atoms with Gasteiger partial charge in [0.1, 0.15) is 24.4 Å². The molecule has 8 aliphatic rings. The fraction of sp³-hybridized carbons (Fsp3) is 0.781. The summed E-state index contributed by atoms with van der Waals surface area (Å²) >= 11 is 0. The number of esters is 2. The molecule has 8 fully saturated rings. The summed E-state index contributed by atoms with van der Waals surface area (Å²) in [6, 6.07) is 1.82. The Hall–Kier alpha value is -2.23. The molecule has 0 amide bonds. The number of Topliss-reactive ketones (excluding diaryl/α,β-unsaturated/α-hetero) is 1. The predicted molar refractivity (Wildman–Crippen MR) is 139 cm³/mol. The summed E-state index contributed by atoms with van der Waals surface area (Å²) in [5.41, 5.74) is -4.27. The maximum Gasteiger partial charge on any atom is 0.339 e. The van der Waals surface area contributed by atoms with Crippen molar-refractivity contribution in [2.75, 3.05) is 6.61 Å². The van der Waals surface area contributed by atoms with E-state index in [1.807, 2.05) is 26.8 Å². The van der Waals surface area contributed by atoms with Crippen LogP contribution in [0.5, 0.6) is 0 Å². The van der Waals surface area contributed by atoms with Gasteiger partial charge in [0.2, 0.25) is 0 Å². The third-order valence-corrected chi connectivity index (χ3v) is 13.8. The van der Waals surface area contributed by atoms with E-state index >= 15 is 0 Å². The monoisotopic (exact) mass is 566 g/mol. The Kier molecular flexibility index (Phi) is 4.38. The molecular formula is C32H38O9. The zero-order chi connectivity index (χ0) is 28.5. The lowest BCUT2D eigenvalue weighted by Gasteiger charge is -2.68. The Morgan fingerprint density at radius 3 is 2.41 bits per heavy atom. The van der Waals surface area contributed by atoms with Gasteiger partial charge in [0, 0.05) is 21.8 Å². The first-order chi connectivity index (χ1) is 19.4. The van der Waals surface area contributed by atoms with Crippen LogP contribution >= 0.6 is 0 Å². The van der Waals surface area contributed by atoms with Crippen molar-refractivity contribution >= 4 is 17.7 Å². The molecule has 12 atom stereocenters. The Labute approximate surface area is 238 Å². The average molecular weight is 567 g/mol. The molecule has 4 saturated heterocycles. The van der Waals surface area contributed by atoms with Gasteiger partial charge in [0.15, 0.2) is 11.9 Å². The Bertz CT molecular complexity index is 1390. The fourth-order valence-electron chi connectivity index (χ4n) is 13.0. The average Bonchev–Trinajstić information content (AvgIpc) is 3.18. The SMILES string of the molecule is CC1(C)OC2C3C(=O)OCC24C1C(=O)C(O)C1(C)C4C(CC32CCCC2)CC2(C)C(c3ccoc3)OC(=O)C3OC321. The number of aliphatic hydroxyl groups is 1. The van der Waals surface area contributed by atoms with Crippen molar-refractivity contribution in [2.24, 2.45) is 45.3 Å². The lowest BCUT2D eigenvalue weighted by Crippen LogP contribution is -2.77. The summed E-state index contributed by atoms with van der Waals surface area (Å²) in [5, 5.41) is 12.3. The summed E-state index contributed by atoms with van der Waals surface area (Å²) < 4.78 is 31.2. The molecule has 5 heterocycles. The second-order valence-corrected chi connectivity index (χ2v) is 15.6. The van der Waals surface area contributed by atoms with Gasteiger partial charge in [0.05, 0.1) is 36.1 Å². The number of hydrogen-bond acceptors (Lipinski definition) is 9. The molecule has 41 heavy (non-hydrogen) atoms. The van der Waals surface area contributed by atoms with Gasteiger partial charge in [0.25, 0.3) is 0 Å². The molecule has 2 bridgehead atoms. The maximum absolute atomic E-state index is 14.6. The van der Waals surface area contributed by atoms with Crippen LogP contribution < -0.4 is 0 Å². The largest absolute Gasteiger partial charge is 0.472 e. The van der Waals surface area contributed by atoms with Crippen LogP contribution in [0.25, 0.3) is 0 Å². The Morgan fingerprint density at radius 2 is 1.71 bits per heavy atom. The van der Waals surface area contributed by atoms with E-state index in [9.17, 15) is 19.5 Å². The molecule has 4 saturated carbocycles. The number of hydrogen-bond donors (Lipinski definition) is 1. The summed E-state index contributed by atoms with van der Waals surface area (Å²) in [6.07, 6.45) is 5.11. The number of carbonyl (C=O) groups excluding carboxylic acids is 3. The first-order valence-corrected chi connectivity index (χ1v) is 15.4. The minimum atomic E-state index is -1.37. The van der Waals surface area contributed by atoms with E-state index in [4.69, 9.17) is 23.4 Å². The highest BCUT2D eigenvalue weighted by atomic mass is 16.7. The molecule has 4 aliphatic heterocycles. The molecule has 1 aromatic heterocycles. The van der Waals surface area contributed by atoms with Gasteiger partial charge in [-0.05, 0) is 62.8 Å². The fourth-order valence-corrected chi connectivity index (χ4v) is 13.0. The maximum atomic E-state index is 14.6. The lowest BCUT2D eigenvalue weighted by atomic mass is 9.34. The zero-order valence-electron chi connectivity index (χ0n) is 24.0. The molecule has 220 valence electrons. The topological polar surface area (TPSA) is 125 Å². The lowest BCUT2D eigenvalue weighted by molar-refractivity contribution is -0.266. The second kappa shape index (κ2) is 7.11. The minimum Gasteiger partial charge on any atom is -0.472 e. The van der Waals surface area contributed by atoms with Gasteiger partial charge in [-0.1, -0.05) is 26.7 Å². The standard InChI is InChI=1S/C32H38O9/c1-27(2)20-18(33)21(34)29(4)19-16(11-28(3)22(15-7-10-37-13-15)39-26(36)24-32(28,29)41-24)12-30(8-5-6-9-30)17-23(40-27)31(19,20)14-38-25(17)35/h7,10,13,16-17,19-24,34H,5-6,8-9,11-12,14H2,1-4H3. The normalized spacial score (nSPS) is 54.9. The molecule has 1 N–H and O–H groups in total. The van der Waals surface area contributed by atoms with E-state index in [2.05, 4.69) is 6.92 Å². The van der Waals surface area contributed by atoms with Gasteiger partial charge in [-0.3, -0.25) is 9.59 Å². The third kappa shape index (κ3) is 2.40. The van der Waals surface area contributed by atoms with Crippen LogP contribution in [0.15, 0.2) is 23.0 Å². The van der Waals surface area contributed by atoms with Gasteiger partial charge < -0.3 is 28.5 Å². The van der Waals surface area contributed by atoms with E-state index in [0.29, 0.717) is 6.42 Å². The number of carbonyl (C=O) groups is 3. The molecule has 1 aromatic rings. The highest BCUT2D eigenvalue weighted by molar-refractivity contribution is 5.92. The van der Waals surface area contributed by atoms with Crippen molar-refractivity contribution in [3.63, 3.8) is 0 Å². The zero-order valence-corrected chi connectivity index (χ0v) is 24.0. The first-order valence-electron chi connectivity index (χ1n) is 15.4. The number of aliphatic hydroxyl groups excluding tert-OH is 1. The molecule has 9 nitrogen and oxygen atoms in total. The van der Waals surface area contributed by atoms with Crippen molar-refractivity contribution in [2.45, 2.75) is 102 Å². The highest BCUT2D eigenvalue weighted by Gasteiger charge is 2.93. The number of ether oxygens (including phenoxy) is 4. The van der Waals surface area contributed by atoms with E-state index in [1.165, 1.54) is 0 Å². The van der Waals surface area contributed by atoms with E-state index in [-0.39, 0.29) is 35.6 Å². The summed E-state index contributed by atoms with van der Waals surface area (Å²) in [4.78, 5) is 42.0. The molecule has 3 spiro atoms. The Morgan fingerprint density at radius 1 is 0.951 bits per heavy atom. The van der Waals surface area contributed by atoms with Crippen molar-refractivity contribution in [3.05, 3.63) is 24.2 Å². The molecule has 12 unspecified atom stereocenters. The van der Waals surface area contributed by atoms with Gasteiger partial charge >= 0.3 is 11.9 Å². The number of furan rings is 1. The number of ketones is 1. The van der Waals surface area contributed by atoms with Gasteiger partial charge in [-0.25, -0.2) is 4.79 Å². The quantitative estimate of drug-likeness (QED) is 0.402. The molecule has 9 heteroatoms. The smallest absolute Gasteiger partial charge is 0.339 e. The van der Waals surface area contributed by atoms with Crippen LogP contribution in [0, 0.1) is 45.3 Å². The van der Waals surface area contributed by atoms with E-state index in [0.717, 1.165) is 37.7 Å². The van der Waals surface area contributed by atoms with Crippen LogP contribution in [0.2, 0.25) is 0 Å². The number of cyclic esters (lactones) is 2. The van der Waals surface area contributed by atoms with Crippen LogP contribution in [-0.2, 0) is 33.3 Å². The van der Waals surface area contributed by atoms with Gasteiger partial charge in [-0.15, -0.1) is 0 Å². The van der Waals surface area contributed by atoms with E-state index in [1.54, 1.807) is 12.5 Å². The molecular weight excluding hydrogens is 528 g/mol. The van der Waals surface area contributed by atoms with Crippen molar-refractivity contribution < 1.29 is 42.9 Å². The van der Waals surface area contributed by atoms with Crippen molar-refractivity contribution in [1.29, 1.82) is 0 Å². The number of epoxide rings is 1. The third-order valence-electron chi connectivity index (χ3n) is 13.8. The number of fused-ring (bicyclic) bond motifs is 1. The summed E-state index contributed by atoms with van der Waals surface area (Å²) in [5.74, 6) is -2.32. The van der Waals surface area contributed by atoms with E-state index < -0.39 is 69.7 Å². The molecule has 0 aromatic carbocycles. The number of rotatable bonds is 1. The molecule has 9 rings (SSSR count). The van der Waals surface area contributed by atoms with Crippen molar-refractivity contribution in [1.82, 2.24) is 0 Å². The second-order valence-electron chi connectivity index (χ2n) is 15.6. The van der Waals surface area contributed by atoms with Crippen LogP contribution in [0.1, 0.15) is 77.9 Å². The minimum absolute atomic E-state index is 0.0227. The summed E-state index contributed by atoms with van der Waals surface area (Å²) in [7, 11) is 0. The highest BCUT2D eigenvalue weighted by Crippen LogP contribution is 2.83. The van der Waals surface area contributed by atoms with Crippen molar-refractivity contribution in [3.8, 4) is 0 Å². The van der Waals surface area contributed by atoms with Crippen LogP contribution in [0.3, 0.4) is 0 Å². The van der Waals surface area contributed by atoms with Crippen LogP contribution in [-0.4, -0.2) is 58.9 Å².